The van der Waals surface area contributed by atoms with Crippen molar-refractivity contribution in [2.75, 3.05) is 6.54 Å². The third-order valence-electron chi connectivity index (χ3n) is 3.74. The zero-order valence-corrected chi connectivity index (χ0v) is 13.2. The molecule has 0 saturated carbocycles. The van der Waals surface area contributed by atoms with Crippen LogP contribution in [-0.4, -0.2) is 22.1 Å². The standard InChI is InChI=1S/C17H19F3N2O2/c1-22-10-2-3-14(22)15(23)11-21-16(24)9-6-12-4-7-13(8-5-12)17(18,19)20/h2-5,7-8,10,15,23H,6,9,11H2,1H3,(H,21,24). The van der Waals surface area contributed by atoms with E-state index < -0.39 is 17.8 Å². The molecule has 1 aromatic carbocycles. The van der Waals surface area contributed by atoms with Gasteiger partial charge in [-0.1, -0.05) is 12.1 Å². The molecule has 0 radical (unpaired) electrons. The molecule has 2 rings (SSSR count). The van der Waals surface area contributed by atoms with Gasteiger partial charge in [0.15, 0.2) is 0 Å². The van der Waals surface area contributed by atoms with E-state index >= 15 is 0 Å². The van der Waals surface area contributed by atoms with Gasteiger partial charge in [0.25, 0.3) is 0 Å². The van der Waals surface area contributed by atoms with Gasteiger partial charge in [-0.25, -0.2) is 0 Å². The monoisotopic (exact) mass is 340 g/mol. The van der Waals surface area contributed by atoms with Crippen LogP contribution in [0.1, 0.15) is 29.3 Å². The zero-order chi connectivity index (χ0) is 17.7. The third kappa shape index (κ3) is 4.86. The van der Waals surface area contributed by atoms with Crippen LogP contribution in [0.4, 0.5) is 13.2 Å². The number of aryl methyl sites for hydroxylation is 2. The summed E-state index contributed by atoms with van der Waals surface area (Å²) in [5, 5.41) is 12.6. The van der Waals surface area contributed by atoms with Gasteiger partial charge in [0.1, 0.15) is 6.10 Å². The molecule has 0 aliphatic heterocycles. The Labute approximate surface area is 137 Å². The fourth-order valence-corrected chi connectivity index (χ4v) is 2.34. The van der Waals surface area contributed by atoms with E-state index in [1.54, 1.807) is 29.9 Å². The van der Waals surface area contributed by atoms with Crippen LogP contribution in [0, 0.1) is 0 Å². The number of nitrogens with one attached hydrogen (secondary N) is 1. The summed E-state index contributed by atoms with van der Waals surface area (Å²) in [7, 11) is 1.80. The average molecular weight is 340 g/mol. The van der Waals surface area contributed by atoms with E-state index in [-0.39, 0.29) is 18.9 Å². The van der Waals surface area contributed by atoms with Gasteiger partial charge in [-0.15, -0.1) is 0 Å². The molecule has 2 N–H and O–H groups in total. The molecule has 130 valence electrons. The summed E-state index contributed by atoms with van der Waals surface area (Å²) < 4.78 is 39.2. The lowest BCUT2D eigenvalue weighted by Crippen LogP contribution is -2.29. The molecule has 0 bridgehead atoms. The van der Waals surface area contributed by atoms with Crippen LogP contribution in [0.25, 0.3) is 0 Å². The van der Waals surface area contributed by atoms with Crippen molar-refractivity contribution < 1.29 is 23.1 Å². The van der Waals surface area contributed by atoms with E-state index in [0.29, 0.717) is 17.7 Å². The molecule has 7 heteroatoms. The van der Waals surface area contributed by atoms with Crippen molar-refractivity contribution in [3.8, 4) is 0 Å². The summed E-state index contributed by atoms with van der Waals surface area (Å²) in [6.07, 6.45) is -2.89. The van der Waals surface area contributed by atoms with Crippen LogP contribution in [0.2, 0.25) is 0 Å². The minimum Gasteiger partial charge on any atom is -0.385 e. The molecule has 0 aliphatic carbocycles. The summed E-state index contributed by atoms with van der Waals surface area (Å²) in [4.78, 5) is 11.8. The Morgan fingerprint density at radius 2 is 1.92 bits per heavy atom. The summed E-state index contributed by atoms with van der Waals surface area (Å²) in [6, 6.07) is 8.31. The maximum atomic E-state index is 12.5. The molecule has 1 unspecified atom stereocenters. The first-order valence-corrected chi connectivity index (χ1v) is 7.49. The van der Waals surface area contributed by atoms with Crippen molar-refractivity contribution in [2.45, 2.75) is 25.1 Å². The summed E-state index contributed by atoms with van der Waals surface area (Å²) >= 11 is 0. The summed E-state index contributed by atoms with van der Waals surface area (Å²) in [6.45, 7) is 0.0870. The van der Waals surface area contributed by atoms with E-state index in [1.165, 1.54) is 12.1 Å². The number of benzene rings is 1. The second-order valence-corrected chi connectivity index (χ2v) is 5.56. The molecule has 2 aromatic rings. The van der Waals surface area contributed by atoms with E-state index in [0.717, 1.165) is 12.1 Å². The van der Waals surface area contributed by atoms with Crippen LogP contribution in [0.5, 0.6) is 0 Å². The van der Waals surface area contributed by atoms with Gasteiger partial charge in [-0.05, 0) is 36.2 Å². The van der Waals surface area contributed by atoms with Crippen molar-refractivity contribution >= 4 is 5.91 Å². The first-order chi connectivity index (χ1) is 11.3. The van der Waals surface area contributed by atoms with E-state index in [2.05, 4.69) is 5.32 Å². The molecule has 4 nitrogen and oxygen atoms in total. The number of hydrogen-bond donors (Lipinski definition) is 2. The Morgan fingerprint density at radius 1 is 1.25 bits per heavy atom. The molecule has 0 saturated heterocycles. The highest BCUT2D eigenvalue weighted by molar-refractivity contribution is 5.76. The van der Waals surface area contributed by atoms with Gasteiger partial charge in [0.05, 0.1) is 5.56 Å². The maximum Gasteiger partial charge on any atom is 0.416 e. The van der Waals surface area contributed by atoms with Gasteiger partial charge in [0.2, 0.25) is 5.91 Å². The minimum atomic E-state index is -4.36. The van der Waals surface area contributed by atoms with E-state index in [4.69, 9.17) is 0 Å². The SMILES string of the molecule is Cn1cccc1C(O)CNC(=O)CCc1ccc(C(F)(F)F)cc1. The number of carbonyl (C=O) groups is 1. The van der Waals surface area contributed by atoms with Crippen LogP contribution in [0.15, 0.2) is 42.6 Å². The van der Waals surface area contributed by atoms with E-state index in [9.17, 15) is 23.1 Å². The molecule has 0 aliphatic rings. The zero-order valence-electron chi connectivity index (χ0n) is 13.2. The molecule has 1 aromatic heterocycles. The highest BCUT2D eigenvalue weighted by atomic mass is 19.4. The van der Waals surface area contributed by atoms with Crippen molar-refractivity contribution in [3.63, 3.8) is 0 Å². The molecule has 1 atom stereocenters. The Balaban J connectivity index is 1.78. The van der Waals surface area contributed by atoms with Crippen LogP contribution < -0.4 is 5.32 Å². The van der Waals surface area contributed by atoms with Gasteiger partial charge < -0.3 is 15.0 Å². The predicted octanol–water partition coefficient (Wildman–Crippen LogP) is 2.83. The summed E-state index contributed by atoms with van der Waals surface area (Å²) in [5.74, 6) is -0.261. The number of rotatable bonds is 6. The smallest absolute Gasteiger partial charge is 0.385 e. The Bertz CT molecular complexity index is 678. The summed E-state index contributed by atoms with van der Waals surface area (Å²) in [5.41, 5.74) is 0.639. The van der Waals surface area contributed by atoms with Gasteiger partial charge in [-0.3, -0.25) is 4.79 Å². The number of aliphatic hydroxyl groups is 1. The second-order valence-electron chi connectivity index (χ2n) is 5.56. The lowest BCUT2D eigenvalue weighted by molar-refractivity contribution is -0.137. The number of aromatic nitrogens is 1. The highest BCUT2D eigenvalue weighted by Crippen LogP contribution is 2.29. The fourth-order valence-electron chi connectivity index (χ4n) is 2.34. The average Bonchev–Trinajstić information content (AvgIpc) is 2.96. The Morgan fingerprint density at radius 3 is 2.46 bits per heavy atom. The number of amides is 1. The number of halogens is 3. The fraction of sp³-hybridized carbons (Fsp3) is 0.353. The molecular weight excluding hydrogens is 321 g/mol. The topological polar surface area (TPSA) is 54.3 Å². The quantitative estimate of drug-likeness (QED) is 0.850. The predicted molar refractivity (Wildman–Crippen MR) is 83.1 cm³/mol. The van der Waals surface area contributed by atoms with Crippen molar-refractivity contribution in [2.24, 2.45) is 7.05 Å². The maximum absolute atomic E-state index is 12.5. The number of nitrogens with zero attached hydrogens (tertiary/aromatic N) is 1. The molecule has 24 heavy (non-hydrogen) atoms. The number of carbonyl (C=O) groups excluding carboxylic acids is 1. The van der Waals surface area contributed by atoms with Gasteiger partial charge in [0, 0.05) is 31.9 Å². The lowest BCUT2D eigenvalue weighted by atomic mass is 10.1. The molecule has 1 amide bonds. The largest absolute Gasteiger partial charge is 0.416 e. The van der Waals surface area contributed by atoms with Crippen molar-refractivity contribution in [3.05, 3.63) is 59.4 Å². The van der Waals surface area contributed by atoms with Crippen LogP contribution in [-0.2, 0) is 24.4 Å². The third-order valence-corrected chi connectivity index (χ3v) is 3.74. The Hall–Kier alpha value is -2.28. The molecule has 0 spiro atoms. The van der Waals surface area contributed by atoms with Crippen molar-refractivity contribution in [1.29, 1.82) is 0 Å². The highest BCUT2D eigenvalue weighted by Gasteiger charge is 2.29. The molecule has 1 heterocycles. The molecule has 0 fully saturated rings. The normalized spacial score (nSPS) is 12.9. The van der Waals surface area contributed by atoms with Gasteiger partial charge in [-0.2, -0.15) is 13.2 Å². The second kappa shape index (κ2) is 7.53. The number of aliphatic hydroxyl groups excluding tert-OH is 1. The number of hydrogen-bond acceptors (Lipinski definition) is 2. The van der Waals surface area contributed by atoms with Gasteiger partial charge >= 0.3 is 6.18 Å². The minimum absolute atomic E-state index is 0.0870. The van der Waals surface area contributed by atoms with Crippen LogP contribution >= 0.6 is 0 Å². The lowest BCUT2D eigenvalue weighted by Gasteiger charge is -2.13. The molecular formula is C17H19F3N2O2. The van der Waals surface area contributed by atoms with E-state index in [1.807, 2.05) is 0 Å². The Kier molecular flexibility index (Phi) is 5.66. The number of alkyl halides is 3. The van der Waals surface area contributed by atoms with Crippen molar-refractivity contribution in [1.82, 2.24) is 9.88 Å². The first kappa shape index (κ1) is 18.1. The van der Waals surface area contributed by atoms with Crippen LogP contribution in [0.3, 0.4) is 0 Å². The first-order valence-electron chi connectivity index (χ1n) is 7.49.